The number of aryl methyl sites for hydroxylation is 1. The van der Waals surface area contributed by atoms with Gasteiger partial charge in [-0.3, -0.25) is 0 Å². The largest absolute Gasteiger partial charge is 0.497 e. The quantitative estimate of drug-likeness (QED) is 0.675. The molecule has 0 saturated heterocycles. The highest BCUT2D eigenvalue weighted by molar-refractivity contribution is 9.10. The van der Waals surface area contributed by atoms with E-state index in [1.807, 2.05) is 43.3 Å². The predicted molar refractivity (Wildman–Crippen MR) is 99.4 cm³/mol. The van der Waals surface area contributed by atoms with Crippen LogP contribution >= 0.6 is 15.9 Å². The lowest BCUT2D eigenvalue weighted by Gasteiger charge is -2.27. The van der Waals surface area contributed by atoms with Gasteiger partial charge >= 0.3 is 0 Å². The van der Waals surface area contributed by atoms with Crippen molar-refractivity contribution >= 4 is 15.9 Å². The number of hydrogen-bond acceptors (Lipinski definition) is 2. The first-order valence-electron chi connectivity index (χ1n) is 7.82. The highest BCUT2D eigenvalue weighted by Crippen LogP contribution is 2.52. The Hall–Kier alpha value is -2.10. The van der Waals surface area contributed by atoms with E-state index >= 15 is 0 Å². The molecule has 1 N–H and O–H groups in total. The summed E-state index contributed by atoms with van der Waals surface area (Å²) in [6, 6.07) is 20.0. The van der Waals surface area contributed by atoms with E-state index in [4.69, 9.17) is 4.74 Å². The highest BCUT2D eigenvalue weighted by Gasteiger charge is 2.43. The number of aliphatic hydroxyl groups is 1. The third kappa shape index (κ3) is 2.12. The van der Waals surface area contributed by atoms with Gasteiger partial charge in [0.15, 0.2) is 0 Å². The van der Waals surface area contributed by atoms with Crippen LogP contribution in [0.1, 0.15) is 22.3 Å². The lowest BCUT2D eigenvalue weighted by molar-refractivity contribution is 0.130. The molecule has 3 aromatic carbocycles. The third-order valence-electron chi connectivity index (χ3n) is 4.71. The maximum Gasteiger partial charge on any atom is 0.141 e. The molecule has 0 amide bonds. The highest BCUT2D eigenvalue weighted by atomic mass is 79.9. The van der Waals surface area contributed by atoms with Gasteiger partial charge in [-0.25, -0.2) is 0 Å². The molecule has 1 aliphatic carbocycles. The van der Waals surface area contributed by atoms with Gasteiger partial charge in [-0.2, -0.15) is 0 Å². The first-order chi connectivity index (χ1) is 11.5. The van der Waals surface area contributed by atoms with Gasteiger partial charge in [-0.1, -0.05) is 57.9 Å². The first-order valence-corrected chi connectivity index (χ1v) is 8.62. The van der Waals surface area contributed by atoms with Crippen molar-refractivity contribution < 1.29 is 9.84 Å². The Morgan fingerprint density at radius 2 is 1.62 bits per heavy atom. The second-order valence-electron chi connectivity index (χ2n) is 6.18. The fraction of sp³-hybridized carbons (Fsp3) is 0.143. The Balaban J connectivity index is 2.07. The van der Waals surface area contributed by atoms with Crippen LogP contribution in [0.25, 0.3) is 11.1 Å². The van der Waals surface area contributed by atoms with Crippen LogP contribution in [0.4, 0.5) is 0 Å². The summed E-state index contributed by atoms with van der Waals surface area (Å²) in [5, 5.41) is 11.9. The maximum atomic E-state index is 11.9. The molecule has 3 heteroatoms. The number of halogens is 1. The van der Waals surface area contributed by atoms with Gasteiger partial charge in [-0.05, 0) is 47.9 Å². The number of ether oxygens (including phenoxy) is 1. The Bertz CT molecular complexity index is 895. The number of hydrogen-bond donors (Lipinski definition) is 1. The van der Waals surface area contributed by atoms with Crippen molar-refractivity contribution in [3.05, 3.63) is 87.4 Å². The normalized spacial score (nSPS) is 18.2. The summed E-state index contributed by atoms with van der Waals surface area (Å²) in [7, 11) is 1.64. The van der Waals surface area contributed by atoms with Crippen LogP contribution in [-0.4, -0.2) is 12.2 Å². The van der Waals surface area contributed by atoms with Crippen molar-refractivity contribution in [2.45, 2.75) is 12.5 Å². The zero-order valence-electron chi connectivity index (χ0n) is 13.5. The van der Waals surface area contributed by atoms with E-state index in [9.17, 15) is 5.11 Å². The molecule has 0 radical (unpaired) electrons. The van der Waals surface area contributed by atoms with Crippen LogP contribution in [0.2, 0.25) is 0 Å². The standard InChI is InChI=1S/C21H17BrO2/c1-13-6-8-17-18-9-7-15(22)12-20(18)21(23,19(17)10-13)14-4-3-5-16(11-14)24-2/h3-12,23H,1-2H3. The van der Waals surface area contributed by atoms with Crippen molar-refractivity contribution in [3.63, 3.8) is 0 Å². The molecule has 0 fully saturated rings. The second kappa shape index (κ2) is 5.47. The monoisotopic (exact) mass is 380 g/mol. The smallest absolute Gasteiger partial charge is 0.141 e. The summed E-state index contributed by atoms with van der Waals surface area (Å²) in [6.07, 6.45) is 0. The van der Waals surface area contributed by atoms with E-state index in [0.717, 1.165) is 43.6 Å². The van der Waals surface area contributed by atoms with Gasteiger partial charge in [0.1, 0.15) is 11.4 Å². The van der Waals surface area contributed by atoms with E-state index in [1.54, 1.807) is 7.11 Å². The topological polar surface area (TPSA) is 29.5 Å². The number of methoxy groups -OCH3 is 1. The summed E-state index contributed by atoms with van der Waals surface area (Å²) < 4.78 is 6.31. The minimum Gasteiger partial charge on any atom is -0.497 e. The number of fused-ring (bicyclic) bond motifs is 3. The van der Waals surface area contributed by atoms with E-state index in [1.165, 1.54) is 0 Å². The summed E-state index contributed by atoms with van der Waals surface area (Å²) in [4.78, 5) is 0. The average molecular weight is 381 g/mol. The first kappa shape index (κ1) is 15.4. The predicted octanol–water partition coefficient (Wildman–Crippen LogP) is 5.03. The molecule has 3 aromatic rings. The van der Waals surface area contributed by atoms with Gasteiger partial charge in [-0.15, -0.1) is 0 Å². The fourth-order valence-corrected chi connectivity index (χ4v) is 3.91. The van der Waals surface area contributed by atoms with Gasteiger partial charge in [0.05, 0.1) is 7.11 Å². The van der Waals surface area contributed by atoms with Crippen LogP contribution < -0.4 is 4.74 Å². The van der Waals surface area contributed by atoms with Gasteiger partial charge < -0.3 is 9.84 Å². The molecule has 4 rings (SSSR count). The summed E-state index contributed by atoms with van der Waals surface area (Å²) in [5.41, 5.74) is 4.71. The van der Waals surface area contributed by atoms with Crippen molar-refractivity contribution in [3.8, 4) is 16.9 Å². The summed E-state index contributed by atoms with van der Waals surface area (Å²) >= 11 is 3.54. The average Bonchev–Trinajstić information content (AvgIpc) is 2.84. The van der Waals surface area contributed by atoms with Gasteiger partial charge in [0.25, 0.3) is 0 Å². The van der Waals surface area contributed by atoms with Crippen LogP contribution in [0.3, 0.4) is 0 Å². The van der Waals surface area contributed by atoms with Crippen LogP contribution in [0, 0.1) is 6.92 Å². The fourth-order valence-electron chi connectivity index (χ4n) is 3.55. The Labute approximate surface area is 149 Å². The molecule has 120 valence electrons. The Morgan fingerprint density at radius 3 is 2.38 bits per heavy atom. The van der Waals surface area contributed by atoms with Crippen molar-refractivity contribution in [1.29, 1.82) is 0 Å². The maximum absolute atomic E-state index is 11.9. The molecule has 2 nitrogen and oxygen atoms in total. The molecule has 1 aliphatic rings. The minimum absolute atomic E-state index is 0.735. The van der Waals surface area contributed by atoms with E-state index in [-0.39, 0.29) is 0 Å². The number of rotatable bonds is 2. The second-order valence-corrected chi connectivity index (χ2v) is 7.10. The molecule has 0 bridgehead atoms. The van der Waals surface area contributed by atoms with Crippen LogP contribution in [0.5, 0.6) is 5.75 Å². The number of benzene rings is 3. The van der Waals surface area contributed by atoms with Crippen molar-refractivity contribution in [2.75, 3.05) is 7.11 Å². The van der Waals surface area contributed by atoms with E-state index < -0.39 is 5.60 Å². The lowest BCUT2D eigenvalue weighted by Crippen LogP contribution is -2.26. The molecule has 1 atom stereocenters. The zero-order chi connectivity index (χ0) is 16.9. The van der Waals surface area contributed by atoms with Crippen molar-refractivity contribution in [1.82, 2.24) is 0 Å². The molecule has 0 aromatic heterocycles. The minimum atomic E-state index is -1.19. The van der Waals surface area contributed by atoms with Gasteiger partial charge in [0, 0.05) is 15.6 Å². The molecule has 0 heterocycles. The van der Waals surface area contributed by atoms with E-state index in [2.05, 4.69) is 40.2 Å². The lowest BCUT2D eigenvalue weighted by atomic mass is 9.84. The molecule has 0 spiro atoms. The Kier molecular flexibility index (Phi) is 3.52. The molecular formula is C21H17BrO2. The summed E-state index contributed by atoms with van der Waals surface area (Å²) in [5.74, 6) is 0.735. The SMILES string of the molecule is COc1cccc(C2(O)c3cc(C)ccc3-c3ccc(Br)cc32)c1. The Morgan fingerprint density at radius 1 is 0.917 bits per heavy atom. The molecule has 0 aliphatic heterocycles. The summed E-state index contributed by atoms with van der Waals surface area (Å²) in [6.45, 7) is 2.05. The zero-order valence-corrected chi connectivity index (χ0v) is 15.1. The third-order valence-corrected chi connectivity index (χ3v) is 5.21. The van der Waals surface area contributed by atoms with Crippen LogP contribution in [0.15, 0.2) is 65.1 Å². The van der Waals surface area contributed by atoms with Crippen molar-refractivity contribution in [2.24, 2.45) is 0 Å². The van der Waals surface area contributed by atoms with Gasteiger partial charge in [0.2, 0.25) is 0 Å². The van der Waals surface area contributed by atoms with Crippen LogP contribution in [-0.2, 0) is 5.60 Å². The molecular weight excluding hydrogens is 364 g/mol. The van der Waals surface area contributed by atoms with E-state index in [0.29, 0.717) is 0 Å². The molecule has 1 unspecified atom stereocenters. The molecule has 0 saturated carbocycles. The molecule has 24 heavy (non-hydrogen) atoms.